The molecule has 0 bridgehead atoms. The number of hydrogen-bond acceptors (Lipinski definition) is 4. The zero-order valence-electron chi connectivity index (χ0n) is 11.1. The fraction of sp³-hybridized carbons (Fsp3) is 0.400. The van der Waals surface area contributed by atoms with E-state index in [1.807, 2.05) is 24.3 Å². The third kappa shape index (κ3) is 2.51. The number of aromatic nitrogens is 1. The molecule has 3 rings (SSSR count). The Labute approximate surface area is 117 Å². The summed E-state index contributed by atoms with van der Waals surface area (Å²) in [4.78, 5) is 6.17. The summed E-state index contributed by atoms with van der Waals surface area (Å²) in [5, 5.41) is 1.04. The number of benzene rings is 1. The number of hydrogen-bond donors (Lipinski definition) is 1. The second kappa shape index (κ2) is 5.31. The maximum absolute atomic E-state index is 6.33. The third-order valence-corrected chi connectivity index (χ3v) is 4.84. The molecule has 1 heterocycles. The molecule has 0 radical (unpaired) electrons. The summed E-state index contributed by atoms with van der Waals surface area (Å²) in [6.45, 7) is 0. The van der Waals surface area contributed by atoms with E-state index in [9.17, 15) is 0 Å². The topological polar surface area (TPSA) is 48.1 Å². The number of fused-ring (bicyclic) bond motifs is 1. The van der Waals surface area contributed by atoms with E-state index in [1.54, 1.807) is 18.4 Å². The van der Waals surface area contributed by atoms with Crippen LogP contribution >= 0.6 is 11.3 Å². The maximum atomic E-state index is 6.33. The lowest BCUT2D eigenvalue weighted by Gasteiger charge is -2.09. The van der Waals surface area contributed by atoms with Crippen LogP contribution in [0, 0.1) is 0 Å². The molecule has 0 fully saturated rings. The monoisotopic (exact) mass is 274 g/mol. The Morgan fingerprint density at radius 3 is 2.63 bits per heavy atom. The lowest BCUT2D eigenvalue weighted by Crippen LogP contribution is -2.11. The Bertz CT molecular complexity index is 539. The highest BCUT2D eigenvalue weighted by Gasteiger charge is 2.19. The van der Waals surface area contributed by atoms with E-state index < -0.39 is 0 Å². The third-order valence-electron chi connectivity index (χ3n) is 3.60. The van der Waals surface area contributed by atoms with Crippen molar-refractivity contribution in [1.82, 2.24) is 4.98 Å². The van der Waals surface area contributed by atoms with Crippen molar-refractivity contribution in [3.63, 3.8) is 0 Å². The van der Waals surface area contributed by atoms with Crippen LogP contribution in [0.25, 0.3) is 0 Å². The van der Waals surface area contributed by atoms with Crippen LogP contribution in [0.3, 0.4) is 0 Å². The van der Waals surface area contributed by atoms with Crippen molar-refractivity contribution in [2.45, 2.75) is 31.7 Å². The van der Waals surface area contributed by atoms with Gasteiger partial charge < -0.3 is 10.5 Å². The molecule has 1 unspecified atom stereocenters. The SMILES string of the molecule is COc1ccc(C(N)c2nc3c(s2)CCCC3)cc1. The van der Waals surface area contributed by atoms with Gasteiger partial charge in [0.05, 0.1) is 18.8 Å². The van der Waals surface area contributed by atoms with Gasteiger partial charge in [-0.25, -0.2) is 4.98 Å². The highest BCUT2D eigenvalue weighted by molar-refractivity contribution is 7.11. The standard InChI is InChI=1S/C15H18N2OS/c1-18-11-8-6-10(7-9-11)14(16)15-17-12-4-2-3-5-13(12)19-15/h6-9,14H,2-5,16H2,1H3. The molecule has 0 saturated heterocycles. The molecule has 1 aromatic heterocycles. The molecular weight excluding hydrogens is 256 g/mol. The van der Waals surface area contributed by atoms with Gasteiger partial charge in [-0.2, -0.15) is 0 Å². The first kappa shape index (κ1) is 12.6. The summed E-state index contributed by atoms with van der Waals surface area (Å²) in [5.74, 6) is 0.856. The molecule has 0 spiro atoms. The van der Waals surface area contributed by atoms with Gasteiger partial charge in [0, 0.05) is 4.88 Å². The molecule has 1 aliphatic rings. The minimum absolute atomic E-state index is 0.124. The first-order chi connectivity index (χ1) is 9.28. The number of thiazole rings is 1. The Morgan fingerprint density at radius 2 is 1.95 bits per heavy atom. The van der Waals surface area contributed by atoms with Crippen LogP contribution in [0.4, 0.5) is 0 Å². The van der Waals surface area contributed by atoms with E-state index in [0.717, 1.165) is 22.7 Å². The van der Waals surface area contributed by atoms with Crippen LogP contribution in [-0.2, 0) is 12.8 Å². The predicted molar refractivity (Wildman–Crippen MR) is 77.8 cm³/mol. The Kier molecular flexibility index (Phi) is 3.53. The maximum Gasteiger partial charge on any atom is 0.118 e. The van der Waals surface area contributed by atoms with Crippen LogP contribution < -0.4 is 10.5 Å². The summed E-state index contributed by atoms with van der Waals surface area (Å²) in [6.07, 6.45) is 4.82. The molecule has 4 heteroatoms. The molecule has 2 aromatic rings. The van der Waals surface area contributed by atoms with Crippen molar-refractivity contribution >= 4 is 11.3 Å². The average molecular weight is 274 g/mol. The lowest BCUT2D eigenvalue weighted by atomic mass is 10.0. The van der Waals surface area contributed by atoms with Gasteiger partial charge in [-0.1, -0.05) is 12.1 Å². The molecule has 0 saturated carbocycles. The largest absolute Gasteiger partial charge is 0.497 e. The van der Waals surface area contributed by atoms with Crippen molar-refractivity contribution in [2.75, 3.05) is 7.11 Å². The second-order valence-electron chi connectivity index (χ2n) is 4.88. The van der Waals surface area contributed by atoms with Gasteiger partial charge in [0.2, 0.25) is 0 Å². The number of nitrogens with zero attached hydrogens (tertiary/aromatic N) is 1. The minimum Gasteiger partial charge on any atom is -0.497 e. The zero-order chi connectivity index (χ0) is 13.2. The first-order valence-electron chi connectivity index (χ1n) is 6.66. The lowest BCUT2D eigenvalue weighted by molar-refractivity contribution is 0.414. The molecule has 1 aromatic carbocycles. The van der Waals surface area contributed by atoms with Crippen molar-refractivity contribution in [1.29, 1.82) is 0 Å². The van der Waals surface area contributed by atoms with Crippen LogP contribution in [0.1, 0.15) is 40.0 Å². The van der Waals surface area contributed by atoms with Gasteiger partial charge in [-0.15, -0.1) is 11.3 Å². The van der Waals surface area contributed by atoms with Gasteiger partial charge in [0.1, 0.15) is 10.8 Å². The average Bonchev–Trinajstić information content (AvgIpc) is 2.90. The van der Waals surface area contributed by atoms with E-state index in [0.29, 0.717) is 0 Å². The normalized spacial score (nSPS) is 15.9. The van der Waals surface area contributed by atoms with Gasteiger partial charge in [-0.3, -0.25) is 0 Å². The summed E-state index contributed by atoms with van der Waals surface area (Å²) >= 11 is 1.78. The molecule has 0 amide bonds. The van der Waals surface area contributed by atoms with E-state index >= 15 is 0 Å². The van der Waals surface area contributed by atoms with Crippen molar-refractivity contribution < 1.29 is 4.74 Å². The number of nitrogens with two attached hydrogens (primary N) is 1. The first-order valence-corrected chi connectivity index (χ1v) is 7.47. The van der Waals surface area contributed by atoms with Crippen molar-refractivity contribution in [2.24, 2.45) is 5.73 Å². The quantitative estimate of drug-likeness (QED) is 0.935. The van der Waals surface area contributed by atoms with Gasteiger partial charge in [-0.05, 0) is 43.4 Å². The number of aryl methyl sites for hydroxylation is 2. The van der Waals surface area contributed by atoms with Gasteiger partial charge >= 0.3 is 0 Å². The Morgan fingerprint density at radius 1 is 1.21 bits per heavy atom. The predicted octanol–water partition coefficient (Wildman–Crippen LogP) is 3.08. The van der Waals surface area contributed by atoms with Crippen LogP contribution in [0.2, 0.25) is 0 Å². The minimum atomic E-state index is -0.124. The molecule has 2 N–H and O–H groups in total. The highest BCUT2D eigenvalue weighted by atomic mass is 32.1. The van der Waals surface area contributed by atoms with Gasteiger partial charge in [0.15, 0.2) is 0 Å². The number of methoxy groups -OCH3 is 1. The molecule has 1 aliphatic carbocycles. The number of rotatable bonds is 3. The summed E-state index contributed by atoms with van der Waals surface area (Å²) in [5.41, 5.74) is 8.69. The smallest absolute Gasteiger partial charge is 0.118 e. The van der Waals surface area contributed by atoms with Crippen LogP contribution in [0.5, 0.6) is 5.75 Å². The molecule has 0 aliphatic heterocycles. The zero-order valence-corrected chi connectivity index (χ0v) is 11.9. The molecule has 100 valence electrons. The van der Waals surface area contributed by atoms with E-state index in [-0.39, 0.29) is 6.04 Å². The second-order valence-corrected chi connectivity index (χ2v) is 6.00. The molecular formula is C15H18N2OS. The van der Waals surface area contributed by atoms with Crippen molar-refractivity contribution in [3.8, 4) is 5.75 Å². The van der Waals surface area contributed by atoms with Crippen LogP contribution in [-0.4, -0.2) is 12.1 Å². The molecule has 19 heavy (non-hydrogen) atoms. The Hall–Kier alpha value is -1.39. The molecule has 3 nitrogen and oxygen atoms in total. The van der Waals surface area contributed by atoms with Crippen LogP contribution in [0.15, 0.2) is 24.3 Å². The van der Waals surface area contributed by atoms with Crippen molar-refractivity contribution in [3.05, 3.63) is 45.4 Å². The Balaban J connectivity index is 1.85. The fourth-order valence-electron chi connectivity index (χ4n) is 2.46. The number of ether oxygens (including phenoxy) is 1. The fourth-order valence-corrected chi connectivity index (χ4v) is 3.64. The summed E-state index contributed by atoms with van der Waals surface area (Å²) in [7, 11) is 1.67. The van der Waals surface area contributed by atoms with E-state index in [1.165, 1.54) is 29.8 Å². The van der Waals surface area contributed by atoms with Gasteiger partial charge in [0.25, 0.3) is 0 Å². The highest BCUT2D eigenvalue weighted by Crippen LogP contribution is 2.31. The van der Waals surface area contributed by atoms with E-state index in [2.05, 4.69) is 0 Å². The summed E-state index contributed by atoms with van der Waals surface area (Å²) < 4.78 is 5.17. The summed E-state index contributed by atoms with van der Waals surface area (Å²) in [6, 6.07) is 7.81. The van der Waals surface area contributed by atoms with E-state index in [4.69, 9.17) is 15.5 Å². The molecule has 1 atom stereocenters.